The zero-order valence-corrected chi connectivity index (χ0v) is 15.4. The minimum Gasteiger partial charge on any atom is -0.484 e. The smallest absolute Gasteiger partial charge is 0.484 e. The number of carboxylic acid groups (broad SMARTS) is 1. The average Bonchev–Trinajstić information content (AvgIpc) is 3.10. The Morgan fingerprint density at radius 3 is 2.32 bits per heavy atom. The molecule has 0 bridgehead atoms. The molecule has 1 fully saturated rings. The predicted octanol–water partition coefficient (Wildman–Crippen LogP) is 3.92. The van der Waals surface area contributed by atoms with E-state index in [0.717, 1.165) is 31.4 Å². The summed E-state index contributed by atoms with van der Waals surface area (Å²) in [7, 11) is 0. The van der Waals surface area contributed by atoms with E-state index < -0.39 is 12.1 Å². The van der Waals surface area contributed by atoms with Gasteiger partial charge in [0, 0.05) is 17.0 Å². The van der Waals surface area contributed by atoms with Crippen molar-refractivity contribution in [3.8, 4) is 5.75 Å². The van der Waals surface area contributed by atoms with Gasteiger partial charge in [0.05, 0.1) is 0 Å². The van der Waals surface area contributed by atoms with Crippen molar-refractivity contribution in [1.29, 1.82) is 0 Å². The third-order valence-corrected chi connectivity index (χ3v) is 4.27. The second-order valence-corrected chi connectivity index (χ2v) is 6.63. The summed E-state index contributed by atoms with van der Waals surface area (Å²) >= 11 is 5.82. The van der Waals surface area contributed by atoms with Crippen LogP contribution in [-0.4, -0.2) is 33.5 Å². The molecule has 28 heavy (non-hydrogen) atoms. The summed E-state index contributed by atoms with van der Waals surface area (Å²) in [6.45, 7) is 0.265. The van der Waals surface area contributed by atoms with E-state index in [9.17, 15) is 13.2 Å². The summed E-state index contributed by atoms with van der Waals surface area (Å²) in [5.41, 5.74) is 5.91. The van der Waals surface area contributed by atoms with Crippen LogP contribution in [0.2, 0.25) is 5.02 Å². The van der Waals surface area contributed by atoms with Crippen molar-refractivity contribution < 1.29 is 32.2 Å². The number of hydrogen-bond acceptors (Lipinski definition) is 6. The standard InChI is InChI=1S/C15H18ClN3O2.C2HF3O2/c16-11-3-7-13(8-4-11)20-9-14-18-19-15(21-14)10-1-5-12(17)6-2-10;3-2(4,5)1(6)7/h3-4,7-8,10,12H,1-2,5-6,9,17H2;(H,6,7)/t10-,12-;. The van der Waals surface area contributed by atoms with Gasteiger partial charge in [-0.05, 0) is 49.9 Å². The molecule has 1 aliphatic carbocycles. The Hall–Kier alpha value is -2.33. The molecule has 1 aromatic heterocycles. The SMILES string of the molecule is N[C@H]1CC[C@H](c2nnc(COc3ccc(Cl)cc3)o2)CC1.O=C(O)C(F)(F)F. The van der Waals surface area contributed by atoms with Crippen LogP contribution < -0.4 is 10.5 Å². The second-order valence-electron chi connectivity index (χ2n) is 6.19. The second kappa shape index (κ2) is 9.74. The fraction of sp³-hybridized carbons (Fsp3) is 0.471. The van der Waals surface area contributed by atoms with Crippen LogP contribution in [0.25, 0.3) is 0 Å². The largest absolute Gasteiger partial charge is 0.490 e. The van der Waals surface area contributed by atoms with E-state index in [-0.39, 0.29) is 6.61 Å². The third kappa shape index (κ3) is 7.01. The molecule has 7 nitrogen and oxygen atoms in total. The molecule has 0 spiro atoms. The number of aliphatic carboxylic acids is 1. The van der Waals surface area contributed by atoms with Gasteiger partial charge in [0.25, 0.3) is 5.89 Å². The molecule has 0 aliphatic heterocycles. The van der Waals surface area contributed by atoms with Crippen LogP contribution in [0.3, 0.4) is 0 Å². The first-order valence-corrected chi connectivity index (χ1v) is 8.79. The van der Waals surface area contributed by atoms with Gasteiger partial charge in [0.2, 0.25) is 5.89 Å². The quantitative estimate of drug-likeness (QED) is 0.769. The van der Waals surface area contributed by atoms with Gasteiger partial charge in [0.1, 0.15) is 5.75 Å². The fourth-order valence-corrected chi connectivity index (χ4v) is 2.66. The summed E-state index contributed by atoms with van der Waals surface area (Å²) in [6, 6.07) is 7.49. The maximum atomic E-state index is 10.6. The number of alkyl halides is 3. The van der Waals surface area contributed by atoms with E-state index >= 15 is 0 Å². The topological polar surface area (TPSA) is 111 Å². The van der Waals surface area contributed by atoms with E-state index in [1.54, 1.807) is 12.1 Å². The molecular weight excluding hydrogens is 403 g/mol. The van der Waals surface area contributed by atoms with Crippen molar-refractivity contribution in [2.45, 2.75) is 50.4 Å². The first-order valence-electron chi connectivity index (χ1n) is 8.41. The van der Waals surface area contributed by atoms with Crippen LogP contribution in [0, 0.1) is 0 Å². The van der Waals surface area contributed by atoms with Gasteiger partial charge in [-0.15, -0.1) is 10.2 Å². The molecule has 3 N–H and O–H groups in total. The number of ether oxygens (including phenoxy) is 1. The van der Waals surface area contributed by atoms with Crippen LogP contribution in [-0.2, 0) is 11.4 Å². The number of rotatable bonds is 4. The highest BCUT2D eigenvalue weighted by Gasteiger charge is 2.38. The van der Waals surface area contributed by atoms with Gasteiger partial charge in [-0.2, -0.15) is 13.2 Å². The highest BCUT2D eigenvalue weighted by atomic mass is 35.5. The number of carboxylic acids is 1. The first-order chi connectivity index (χ1) is 13.1. The Morgan fingerprint density at radius 1 is 1.21 bits per heavy atom. The summed E-state index contributed by atoms with van der Waals surface area (Å²) in [5, 5.41) is 16.0. The van der Waals surface area contributed by atoms with Crippen molar-refractivity contribution in [1.82, 2.24) is 10.2 Å². The van der Waals surface area contributed by atoms with Crippen molar-refractivity contribution in [2.24, 2.45) is 5.73 Å². The summed E-state index contributed by atoms with van der Waals surface area (Å²) in [4.78, 5) is 8.90. The van der Waals surface area contributed by atoms with Gasteiger partial charge in [-0.1, -0.05) is 11.6 Å². The molecule has 1 aromatic carbocycles. The van der Waals surface area contributed by atoms with Crippen molar-refractivity contribution in [3.63, 3.8) is 0 Å². The lowest BCUT2D eigenvalue weighted by Crippen LogP contribution is -2.25. The fourth-order valence-electron chi connectivity index (χ4n) is 2.53. The molecule has 0 saturated heterocycles. The van der Waals surface area contributed by atoms with Crippen LogP contribution in [0.15, 0.2) is 28.7 Å². The minimum atomic E-state index is -5.08. The molecular formula is C17H19ClF3N3O4. The molecule has 0 atom stereocenters. The molecule has 11 heteroatoms. The summed E-state index contributed by atoms with van der Waals surface area (Å²) in [6.07, 6.45) is -1.02. The molecule has 0 amide bonds. The predicted molar refractivity (Wildman–Crippen MR) is 93.0 cm³/mol. The van der Waals surface area contributed by atoms with Gasteiger partial charge in [-0.25, -0.2) is 4.79 Å². The molecule has 3 rings (SSSR count). The van der Waals surface area contributed by atoms with E-state index in [2.05, 4.69) is 10.2 Å². The lowest BCUT2D eigenvalue weighted by Gasteiger charge is -2.23. The molecule has 1 saturated carbocycles. The van der Waals surface area contributed by atoms with Crippen molar-refractivity contribution in [2.75, 3.05) is 0 Å². The van der Waals surface area contributed by atoms with E-state index in [0.29, 0.717) is 28.8 Å². The van der Waals surface area contributed by atoms with Gasteiger partial charge < -0.3 is 20.0 Å². The number of halogens is 4. The van der Waals surface area contributed by atoms with E-state index in [1.165, 1.54) is 0 Å². The molecule has 0 unspecified atom stereocenters. The Labute approximate surface area is 163 Å². The monoisotopic (exact) mass is 421 g/mol. The zero-order valence-electron chi connectivity index (χ0n) is 14.7. The van der Waals surface area contributed by atoms with Crippen LogP contribution >= 0.6 is 11.6 Å². The molecule has 1 heterocycles. The Kier molecular flexibility index (Phi) is 7.64. The van der Waals surface area contributed by atoms with E-state index in [4.69, 9.17) is 36.4 Å². The van der Waals surface area contributed by atoms with Crippen molar-refractivity contribution >= 4 is 17.6 Å². The number of aromatic nitrogens is 2. The molecule has 154 valence electrons. The highest BCUT2D eigenvalue weighted by Crippen LogP contribution is 2.31. The Morgan fingerprint density at radius 2 is 1.79 bits per heavy atom. The Balaban J connectivity index is 0.000000345. The number of benzene rings is 1. The molecule has 2 aromatic rings. The van der Waals surface area contributed by atoms with Crippen LogP contribution in [0.4, 0.5) is 13.2 Å². The summed E-state index contributed by atoms with van der Waals surface area (Å²) in [5.74, 6) is -0.497. The molecule has 1 aliphatic rings. The Bertz CT molecular complexity index is 760. The summed E-state index contributed by atoms with van der Waals surface area (Å²) < 4.78 is 43.0. The van der Waals surface area contributed by atoms with Gasteiger partial charge >= 0.3 is 12.1 Å². The van der Waals surface area contributed by atoms with Crippen molar-refractivity contribution in [3.05, 3.63) is 41.1 Å². The minimum absolute atomic E-state index is 0.265. The van der Waals surface area contributed by atoms with E-state index in [1.807, 2.05) is 12.1 Å². The average molecular weight is 422 g/mol. The normalized spacial score (nSPS) is 19.5. The molecule has 0 radical (unpaired) electrons. The number of carbonyl (C=O) groups is 1. The first kappa shape index (κ1) is 22.0. The number of nitrogens with two attached hydrogens (primary N) is 1. The highest BCUT2D eigenvalue weighted by molar-refractivity contribution is 6.30. The van der Waals surface area contributed by atoms with Gasteiger partial charge in [0.15, 0.2) is 6.61 Å². The van der Waals surface area contributed by atoms with Crippen LogP contribution in [0.1, 0.15) is 43.4 Å². The third-order valence-electron chi connectivity index (χ3n) is 4.02. The maximum absolute atomic E-state index is 10.6. The maximum Gasteiger partial charge on any atom is 0.490 e. The lowest BCUT2D eigenvalue weighted by molar-refractivity contribution is -0.192. The number of nitrogens with zero attached hydrogens (tertiary/aromatic N) is 2. The number of hydrogen-bond donors (Lipinski definition) is 2. The zero-order chi connectivity index (χ0) is 20.7. The van der Waals surface area contributed by atoms with Crippen LogP contribution in [0.5, 0.6) is 5.75 Å². The van der Waals surface area contributed by atoms with Gasteiger partial charge in [-0.3, -0.25) is 0 Å². The lowest BCUT2D eigenvalue weighted by atomic mass is 9.86.